The smallest absolute Gasteiger partial charge is 0.226 e. The summed E-state index contributed by atoms with van der Waals surface area (Å²) in [5, 5.41) is 12.2. The average Bonchev–Trinajstić information content (AvgIpc) is 3.24. The van der Waals surface area contributed by atoms with E-state index in [0.717, 1.165) is 68.4 Å². The van der Waals surface area contributed by atoms with Gasteiger partial charge in [-0.1, -0.05) is 18.2 Å². The van der Waals surface area contributed by atoms with Crippen molar-refractivity contribution in [2.24, 2.45) is 0 Å². The van der Waals surface area contributed by atoms with E-state index in [9.17, 15) is 4.79 Å². The van der Waals surface area contributed by atoms with Gasteiger partial charge in [-0.15, -0.1) is 10.2 Å². The van der Waals surface area contributed by atoms with E-state index in [1.54, 1.807) is 0 Å². The molecule has 0 unspecified atom stereocenters. The second-order valence-electron chi connectivity index (χ2n) is 7.24. The molecule has 0 radical (unpaired) electrons. The number of benzene rings is 1. The molecule has 1 N–H and O–H groups in total. The highest BCUT2D eigenvalue weighted by Crippen LogP contribution is 2.32. The van der Waals surface area contributed by atoms with Gasteiger partial charge in [0, 0.05) is 32.6 Å². The Balaban J connectivity index is 1.40. The van der Waals surface area contributed by atoms with Gasteiger partial charge in [-0.3, -0.25) is 4.79 Å². The summed E-state index contributed by atoms with van der Waals surface area (Å²) in [4.78, 5) is 14.8. The number of fused-ring (bicyclic) bond motifs is 1. The van der Waals surface area contributed by atoms with Crippen LogP contribution < -0.4 is 10.1 Å². The van der Waals surface area contributed by atoms with Gasteiger partial charge in [-0.2, -0.15) is 0 Å². The van der Waals surface area contributed by atoms with Crippen LogP contribution in [0.2, 0.25) is 0 Å². The number of carbonyl (C=O) groups is 1. The summed E-state index contributed by atoms with van der Waals surface area (Å²) < 4.78 is 8.02. The Hall–Kier alpha value is -2.41. The molecule has 0 saturated carbocycles. The summed E-state index contributed by atoms with van der Waals surface area (Å²) >= 11 is 0. The number of para-hydroxylation sites is 1. The number of nitrogens with zero attached hydrogens (tertiary/aromatic N) is 4. The van der Waals surface area contributed by atoms with Crippen molar-refractivity contribution < 1.29 is 9.53 Å². The van der Waals surface area contributed by atoms with Gasteiger partial charge in [0.1, 0.15) is 11.6 Å². The largest absolute Gasteiger partial charge is 0.493 e. The van der Waals surface area contributed by atoms with Crippen LogP contribution in [0.3, 0.4) is 0 Å². The van der Waals surface area contributed by atoms with Gasteiger partial charge in [-0.25, -0.2) is 0 Å². The molecule has 1 amide bonds. The number of carbonyl (C=O) groups excluding carboxylic acids is 1. The first-order chi connectivity index (χ1) is 13.2. The SMILES string of the molecule is Cc1ccccc1OCCC(=O)N1CCC[C@H]1c1nnc2n1CCNCC2. The summed E-state index contributed by atoms with van der Waals surface area (Å²) in [6.07, 6.45) is 3.23. The lowest BCUT2D eigenvalue weighted by molar-refractivity contribution is -0.132. The summed E-state index contributed by atoms with van der Waals surface area (Å²) in [5.74, 6) is 2.95. The van der Waals surface area contributed by atoms with E-state index in [0.29, 0.717) is 13.0 Å². The second kappa shape index (κ2) is 8.08. The highest BCUT2D eigenvalue weighted by molar-refractivity contribution is 5.77. The number of rotatable bonds is 5. The molecular weight excluding hydrogens is 342 g/mol. The maximum atomic E-state index is 12.8. The summed E-state index contributed by atoms with van der Waals surface area (Å²) in [5.41, 5.74) is 1.09. The lowest BCUT2D eigenvalue weighted by Crippen LogP contribution is -2.33. The van der Waals surface area contributed by atoms with Crippen LogP contribution in [0.15, 0.2) is 24.3 Å². The summed E-state index contributed by atoms with van der Waals surface area (Å²) in [6, 6.07) is 7.93. The quantitative estimate of drug-likeness (QED) is 0.871. The van der Waals surface area contributed by atoms with Crippen LogP contribution in [-0.2, 0) is 17.8 Å². The van der Waals surface area contributed by atoms with E-state index in [1.165, 1.54) is 0 Å². The van der Waals surface area contributed by atoms with Gasteiger partial charge in [-0.05, 0) is 31.4 Å². The van der Waals surface area contributed by atoms with Gasteiger partial charge >= 0.3 is 0 Å². The number of ether oxygens (including phenoxy) is 1. The van der Waals surface area contributed by atoms with Crippen molar-refractivity contribution >= 4 is 5.91 Å². The normalized spacial score (nSPS) is 19.6. The van der Waals surface area contributed by atoms with Crippen LogP contribution in [0.25, 0.3) is 0 Å². The fraction of sp³-hybridized carbons (Fsp3) is 0.550. The van der Waals surface area contributed by atoms with E-state index in [4.69, 9.17) is 4.74 Å². The molecule has 0 bridgehead atoms. The Bertz CT molecular complexity index is 803. The zero-order valence-corrected chi connectivity index (χ0v) is 15.9. The highest BCUT2D eigenvalue weighted by Gasteiger charge is 2.34. The minimum atomic E-state index is 0.0373. The van der Waals surface area contributed by atoms with Gasteiger partial charge in [0.25, 0.3) is 0 Å². The first-order valence-electron chi connectivity index (χ1n) is 9.84. The Kier molecular flexibility index (Phi) is 5.38. The number of nitrogens with one attached hydrogen (secondary N) is 1. The van der Waals surface area contributed by atoms with E-state index >= 15 is 0 Å². The van der Waals surface area contributed by atoms with Gasteiger partial charge < -0.3 is 19.5 Å². The molecule has 3 heterocycles. The van der Waals surface area contributed by atoms with Crippen molar-refractivity contribution in [2.75, 3.05) is 26.2 Å². The minimum Gasteiger partial charge on any atom is -0.493 e. The van der Waals surface area contributed by atoms with Gasteiger partial charge in [0.15, 0.2) is 5.82 Å². The molecule has 1 aromatic heterocycles. The lowest BCUT2D eigenvalue weighted by atomic mass is 10.2. The van der Waals surface area contributed by atoms with Crippen LogP contribution in [0.1, 0.15) is 42.5 Å². The van der Waals surface area contributed by atoms with Crippen molar-refractivity contribution in [3.8, 4) is 5.75 Å². The molecule has 7 heteroatoms. The van der Waals surface area contributed by atoms with Gasteiger partial charge in [0.05, 0.1) is 19.1 Å². The van der Waals surface area contributed by atoms with E-state index in [2.05, 4.69) is 20.1 Å². The molecule has 27 heavy (non-hydrogen) atoms. The number of hydrogen-bond donors (Lipinski definition) is 1. The van der Waals surface area contributed by atoms with Crippen molar-refractivity contribution in [3.63, 3.8) is 0 Å². The Morgan fingerprint density at radius 1 is 1.26 bits per heavy atom. The van der Waals surface area contributed by atoms with Gasteiger partial charge in [0.2, 0.25) is 5.91 Å². The third-order valence-corrected chi connectivity index (χ3v) is 5.43. The Labute approximate surface area is 159 Å². The number of hydrogen-bond acceptors (Lipinski definition) is 5. The van der Waals surface area contributed by atoms with Crippen LogP contribution in [-0.4, -0.2) is 51.8 Å². The molecule has 0 aliphatic carbocycles. The maximum Gasteiger partial charge on any atom is 0.226 e. The first kappa shape index (κ1) is 18.0. The monoisotopic (exact) mass is 369 g/mol. The van der Waals surface area contributed by atoms with E-state index < -0.39 is 0 Å². The number of aryl methyl sites for hydroxylation is 1. The maximum absolute atomic E-state index is 12.8. The summed E-state index contributed by atoms with van der Waals surface area (Å²) in [7, 11) is 0. The molecule has 4 rings (SSSR count). The molecule has 7 nitrogen and oxygen atoms in total. The van der Waals surface area contributed by atoms with Crippen LogP contribution >= 0.6 is 0 Å². The topological polar surface area (TPSA) is 72.3 Å². The predicted octanol–water partition coefficient (Wildman–Crippen LogP) is 1.86. The van der Waals surface area contributed by atoms with Crippen LogP contribution in [0.4, 0.5) is 0 Å². The number of likely N-dealkylation sites (tertiary alicyclic amines) is 1. The highest BCUT2D eigenvalue weighted by atomic mass is 16.5. The number of aromatic nitrogens is 3. The molecular formula is C20H27N5O2. The molecule has 2 aliphatic heterocycles. The van der Waals surface area contributed by atoms with Crippen molar-refractivity contribution in [3.05, 3.63) is 41.5 Å². The number of amides is 1. The van der Waals surface area contributed by atoms with Crippen molar-refractivity contribution in [2.45, 2.75) is 45.2 Å². The third-order valence-electron chi connectivity index (χ3n) is 5.43. The van der Waals surface area contributed by atoms with Crippen molar-refractivity contribution in [1.29, 1.82) is 0 Å². The Morgan fingerprint density at radius 2 is 2.15 bits per heavy atom. The third kappa shape index (κ3) is 3.83. The van der Waals surface area contributed by atoms with E-state index in [-0.39, 0.29) is 11.9 Å². The first-order valence-corrected chi connectivity index (χ1v) is 9.84. The fourth-order valence-electron chi connectivity index (χ4n) is 3.98. The van der Waals surface area contributed by atoms with Crippen LogP contribution in [0, 0.1) is 6.92 Å². The molecule has 2 aromatic rings. The lowest BCUT2D eigenvalue weighted by Gasteiger charge is -2.25. The molecule has 1 aromatic carbocycles. The van der Waals surface area contributed by atoms with Crippen molar-refractivity contribution in [1.82, 2.24) is 25.0 Å². The zero-order chi connectivity index (χ0) is 18.6. The molecule has 144 valence electrons. The minimum absolute atomic E-state index is 0.0373. The van der Waals surface area contributed by atoms with Crippen LogP contribution in [0.5, 0.6) is 5.75 Å². The zero-order valence-electron chi connectivity index (χ0n) is 15.9. The predicted molar refractivity (Wildman–Crippen MR) is 102 cm³/mol. The van der Waals surface area contributed by atoms with E-state index in [1.807, 2.05) is 36.1 Å². The summed E-state index contributed by atoms with van der Waals surface area (Å²) in [6.45, 7) is 5.92. The standard InChI is InChI=1S/C20H27N5O2/c1-15-5-2-3-7-17(15)27-14-9-19(26)24-12-4-6-16(24)20-23-22-18-8-10-21-11-13-25(18)20/h2-3,5,7,16,21H,4,6,8-14H2,1H3/t16-/m0/s1. The molecule has 2 aliphatic rings. The fourth-order valence-corrected chi connectivity index (χ4v) is 3.98. The average molecular weight is 369 g/mol. The molecule has 1 saturated heterocycles. The molecule has 0 spiro atoms. The molecule has 1 fully saturated rings. The molecule has 1 atom stereocenters. The second-order valence-corrected chi connectivity index (χ2v) is 7.24. The Morgan fingerprint density at radius 3 is 3.04 bits per heavy atom.